The molecule has 0 spiro atoms. The predicted octanol–water partition coefficient (Wildman–Crippen LogP) is 5.67. The summed E-state index contributed by atoms with van der Waals surface area (Å²) in [4.78, 5) is 13.5. The van der Waals surface area contributed by atoms with Crippen LogP contribution in [0.15, 0.2) is 83.7 Å². The summed E-state index contributed by atoms with van der Waals surface area (Å²) >= 11 is 0. The highest BCUT2D eigenvalue weighted by molar-refractivity contribution is 5.89. The molecule has 1 aromatic heterocycles. The minimum Gasteiger partial charge on any atom is -0.508 e. The number of aromatic hydroxyl groups is 1. The average molecular weight is 430 g/mol. The van der Waals surface area contributed by atoms with Gasteiger partial charge in [0.25, 0.3) is 5.56 Å². The Morgan fingerprint density at radius 1 is 0.812 bits per heavy atom. The summed E-state index contributed by atoms with van der Waals surface area (Å²) in [6.45, 7) is 3.18. The van der Waals surface area contributed by atoms with Crippen molar-refractivity contribution < 1.29 is 14.6 Å². The number of unbranched alkanes of at least 4 members (excludes halogenated alkanes) is 1. The van der Waals surface area contributed by atoms with E-state index in [1.807, 2.05) is 60.7 Å². The fourth-order valence-corrected chi connectivity index (χ4v) is 3.66. The van der Waals surface area contributed by atoms with Gasteiger partial charge in [-0.25, -0.2) is 0 Å². The van der Waals surface area contributed by atoms with Crippen molar-refractivity contribution in [3.05, 3.63) is 100 Å². The Hall–Kier alpha value is -3.73. The highest BCUT2D eigenvalue weighted by Crippen LogP contribution is 2.35. The molecule has 0 saturated heterocycles. The number of phenolic OH excluding ortho intramolecular Hbond substituents is 1. The van der Waals surface area contributed by atoms with Crippen LogP contribution in [0.4, 0.5) is 0 Å². The third kappa shape index (κ3) is 4.78. The van der Waals surface area contributed by atoms with Gasteiger partial charge < -0.3 is 19.1 Å². The second-order valence-corrected chi connectivity index (χ2v) is 7.72. The maximum atomic E-state index is 13.5. The van der Waals surface area contributed by atoms with Crippen LogP contribution >= 0.6 is 0 Å². The van der Waals surface area contributed by atoms with Crippen molar-refractivity contribution in [1.29, 1.82) is 0 Å². The predicted molar refractivity (Wildman–Crippen MR) is 126 cm³/mol. The standard InChI is InChI=1S/C27H27NO4/c1-2-3-16-28-24-17-22(29)14-15-23(24)25(31-18-20-10-6-4-7-11-20)26(27(28)30)32-19-21-12-8-5-9-13-21/h4-15,17,29H,2-3,16,18-19H2,1H3. The zero-order chi connectivity index (χ0) is 22.3. The van der Waals surface area contributed by atoms with Crippen LogP contribution in [0.3, 0.4) is 0 Å². The highest BCUT2D eigenvalue weighted by atomic mass is 16.5. The van der Waals surface area contributed by atoms with E-state index in [1.54, 1.807) is 22.8 Å². The van der Waals surface area contributed by atoms with Crippen LogP contribution in [-0.4, -0.2) is 9.67 Å². The van der Waals surface area contributed by atoms with Crippen LogP contribution < -0.4 is 15.0 Å². The van der Waals surface area contributed by atoms with Crippen molar-refractivity contribution in [2.45, 2.75) is 39.5 Å². The number of pyridine rings is 1. The lowest BCUT2D eigenvalue weighted by Crippen LogP contribution is -2.24. The third-order valence-corrected chi connectivity index (χ3v) is 5.35. The molecule has 0 unspecified atom stereocenters. The van der Waals surface area contributed by atoms with E-state index in [-0.39, 0.29) is 23.7 Å². The SMILES string of the molecule is CCCCn1c(=O)c(OCc2ccccc2)c(OCc2ccccc2)c2ccc(O)cc21. The van der Waals surface area contributed by atoms with Crippen molar-refractivity contribution >= 4 is 10.9 Å². The van der Waals surface area contributed by atoms with Crippen molar-refractivity contribution in [1.82, 2.24) is 4.57 Å². The molecule has 4 aromatic rings. The van der Waals surface area contributed by atoms with E-state index in [1.165, 1.54) is 0 Å². The molecule has 0 atom stereocenters. The van der Waals surface area contributed by atoms with E-state index in [4.69, 9.17) is 9.47 Å². The molecule has 0 aliphatic heterocycles. The number of phenols is 1. The van der Waals surface area contributed by atoms with Gasteiger partial charge in [-0.05, 0) is 29.7 Å². The van der Waals surface area contributed by atoms with Gasteiger partial charge in [0.1, 0.15) is 19.0 Å². The molecule has 3 aromatic carbocycles. The van der Waals surface area contributed by atoms with Gasteiger partial charge in [0.05, 0.1) is 5.52 Å². The third-order valence-electron chi connectivity index (χ3n) is 5.35. The number of aryl methyl sites for hydroxylation is 1. The van der Waals surface area contributed by atoms with Crippen LogP contribution in [0.2, 0.25) is 0 Å². The molecule has 0 fully saturated rings. The Bertz CT molecular complexity index is 1230. The lowest BCUT2D eigenvalue weighted by atomic mass is 10.1. The van der Waals surface area contributed by atoms with Gasteiger partial charge in [-0.3, -0.25) is 4.79 Å². The molecular formula is C27H27NO4. The number of aromatic nitrogens is 1. The summed E-state index contributed by atoms with van der Waals surface area (Å²) in [6.07, 6.45) is 1.78. The molecule has 0 radical (unpaired) electrons. The number of hydrogen-bond donors (Lipinski definition) is 1. The van der Waals surface area contributed by atoms with Gasteiger partial charge in [0, 0.05) is 18.0 Å². The van der Waals surface area contributed by atoms with Gasteiger partial charge in [-0.15, -0.1) is 0 Å². The van der Waals surface area contributed by atoms with Crippen LogP contribution in [0.1, 0.15) is 30.9 Å². The molecule has 1 heterocycles. The molecule has 0 amide bonds. The molecule has 5 heteroatoms. The molecule has 164 valence electrons. The average Bonchev–Trinajstić information content (AvgIpc) is 2.82. The van der Waals surface area contributed by atoms with Gasteiger partial charge in [-0.1, -0.05) is 74.0 Å². The maximum Gasteiger partial charge on any atom is 0.297 e. The summed E-state index contributed by atoms with van der Waals surface area (Å²) in [5, 5.41) is 10.8. The molecule has 1 N–H and O–H groups in total. The number of hydrogen-bond acceptors (Lipinski definition) is 4. The second-order valence-electron chi connectivity index (χ2n) is 7.72. The monoisotopic (exact) mass is 429 g/mol. The zero-order valence-corrected chi connectivity index (χ0v) is 18.2. The summed E-state index contributed by atoms with van der Waals surface area (Å²) in [5.74, 6) is 0.700. The van der Waals surface area contributed by atoms with Crippen molar-refractivity contribution in [2.24, 2.45) is 0 Å². The fraction of sp³-hybridized carbons (Fsp3) is 0.222. The molecular weight excluding hydrogens is 402 g/mol. The first-order valence-corrected chi connectivity index (χ1v) is 10.9. The minimum atomic E-state index is -0.254. The first-order valence-electron chi connectivity index (χ1n) is 10.9. The number of fused-ring (bicyclic) bond motifs is 1. The fourth-order valence-electron chi connectivity index (χ4n) is 3.66. The lowest BCUT2D eigenvalue weighted by Gasteiger charge is -2.19. The number of benzene rings is 3. The molecule has 0 bridgehead atoms. The topological polar surface area (TPSA) is 60.7 Å². The Balaban J connectivity index is 1.81. The van der Waals surface area contributed by atoms with Crippen LogP contribution in [0.25, 0.3) is 10.9 Å². The second kappa shape index (κ2) is 10.1. The summed E-state index contributed by atoms with van der Waals surface area (Å²) in [5.41, 5.74) is 2.34. The van der Waals surface area contributed by atoms with E-state index in [9.17, 15) is 9.90 Å². The Morgan fingerprint density at radius 3 is 2.00 bits per heavy atom. The summed E-state index contributed by atoms with van der Waals surface area (Å²) in [6, 6.07) is 24.5. The van der Waals surface area contributed by atoms with E-state index in [2.05, 4.69) is 6.92 Å². The van der Waals surface area contributed by atoms with Crippen LogP contribution in [0, 0.1) is 0 Å². The van der Waals surface area contributed by atoms with Crippen molar-refractivity contribution in [2.75, 3.05) is 0 Å². The smallest absolute Gasteiger partial charge is 0.297 e. The van der Waals surface area contributed by atoms with E-state index < -0.39 is 0 Å². The quantitative estimate of drug-likeness (QED) is 0.373. The molecule has 0 aliphatic carbocycles. The molecule has 4 rings (SSSR count). The van der Waals surface area contributed by atoms with Gasteiger partial charge >= 0.3 is 0 Å². The van der Waals surface area contributed by atoms with E-state index in [0.717, 1.165) is 29.4 Å². The first kappa shape index (κ1) is 21.5. The normalized spacial score (nSPS) is 10.9. The van der Waals surface area contributed by atoms with E-state index >= 15 is 0 Å². The Kier molecular flexibility index (Phi) is 6.75. The minimum absolute atomic E-state index is 0.106. The lowest BCUT2D eigenvalue weighted by molar-refractivity contribution is 0.253. The zero-order valence-electron chi connectivity index (χ0n) is 18.2. The van der Waals surface area contributed by atoms with Crippen molar-refractivity contribution in [3.8, 4) is 17.2 Å². The van der Waals surface area contributed by atoms with Gasteiger partial charge in [0.2, 0.25) is 5.75 Å². The summed E-state index contributed by atoms with van der Waals surface area (Å²) in [7, 11) is 0. The summed E-state index contributed by atoms with van der Waals surface area (Å²) < 4.78 is 13.9. The van der Waals surface area contributed by atoms with Crippen molar-refractivity contribution in [3.63, 3.8) is 0 Å². The molecule has 32 heavy (non-hydrogen) atoms. The number of nitrogens with zero attached hydrogens (tertiary/aromatic N) is 1. The molecule has 0 aliphatic rings. The van der Waals surface area contributed by atoms with Gasteiger partial charge in [-0.2, -0.15) is 0 Å². The highest BCUT2D eigenvalue weighted by Gasteiger charge is 2.20. The molecule has 5 nitrogen and oxygen atoms in total. The number of ether oxygens (including phenoxy) is 2. The maximum absolute atomic E-state index is 13.5. The largest absolute Gasteiger partial charge is 0.508 e. The van der Waals surface area contributed by atoms with E-state index in [0.29, 0.717) is 24.4 Å². The van der Waals surface area contributed by atoms with Gasteiger partial charge in [0.15, 0.2) is 5.75 Å². The van der Waals surface area contributed by atoms with Crippen LogP contribution in [-0.2, 0) is 19.8 Å². The Morgan fingerprint density at radius 2 is 1.41 bits per heavy atom. The Labute approximate surface area is 187 Å². The number of rotatable bonds is 9. The first-order chi connectivity index (χ1) is 15.7. The van der Waals surface area contributed by atoms with Crippen LogP contribution in [0.5, 0.6) is 17.2 Å². The molecule has 0 saturated carbocycles.